The van der Waals surface area contributed by atoms with Gasteiger partial charge in [0.15, 0.2) is 5.13 Å². The zero-order valence-corrected chi connectivity index (χ0v) is 15.2. The molecule has 3 N–H and O–H groups in total. The number of H-pyrrole nitrogens is 1. The highest BCUT2D eigenvalue weighted by atomic mass is 32.1. The molecular formula is C16H14FN9OS. The number of aromatic nitrogens is 8. The van der Waals surface area contributed by atoms with Crippen molar-refractivity contribution >= 4 is 11.3 Å². The summed E-state index contributed by atoms with van der Waals surface area (Å²) >= 11 is 1.32. The summed E-state index contributed by atoms with van der Waals surface area (Å²) in [5.74, 6) is 0.487. The molecule has 0 unspecified atom stereocenters. The second kappa shape index (κ2) is 7.62. The van der Waals surface area contributed by atoms with Crippen LogP contribution in [-0.4, -0.2) is 46.5 Å². The topological polar surface area (TPSA) is 133 Å². The molecule has 28 heavy (non-hydrogen) atoms. The maximum atomic E-state index is 12.7. The highest BCUT2D eigenvalue weighted by Crippen LogP contribution is 2.29. The maximum Gasteiger partial charge on any atom is 0.352 e. The first-order valence-corrected chi connectivity index (χ1v) is 8.94. The van der Waals surface area contributed by atoms with Crippen LogP contribution < -0.4 is 11.4 Å². The Bertz CT molecular complexity index is 1170. The molecule has 0 radical (unpaired) electrons. The highest BCUT2D eigenvalue weighted by molar-refractivity contribution is 7.17. The lowest BCUT2D eigenvalue weighted by atomic mass is 10.1. The molecule has 142 valence electrons. The Labute approximate surface area is 161 Å². The van der Waals surface area contributed by atoms with Crippen molar-refractivity contribution in [3.63, 3.8) is 0 Å². The van der Waals surface area contributed by atoms with Crippen molar-refractivity contribution < 1.29 is 4.39 Å². The van der Waals surface area contributed by atoms with E-state index in [1.807, 2.05) is 24.3 Å². The number of aromatic amines is 1. The van der Waals surface area contributed by atoms with E-state index < -0.39 is 5.69 Å². The zero-order valence-electron chi connectivity index (χ0n) is 14.4. The van der Waals surface area contributed by atoms with Crippen LogP contribution in [0.3, 0.4) is 0 Å². The monoisotopic (exact) mass is 399 g/mol. The van der Waals surface area contributed by atoms with Gasteiger partial charge in [-0.05, 0) is 22.4 Å². The molecule has 0 bridgehead atoms. The van der Waals surface area contributed by atoms with Crippen molar-refractivity contribution in [1.29, 1.82) is 0 Å². The molecule has 10 nitrogen and oxygen atoms in total. The summed E-state index contributed by atoms with van der Waals surface area (Å²) in [5, 5.41) is 18.4. The molecule has 0 aliphatic heterocycles. The van der Waals surface area contributed by atoms with Gasteiger partial charge in [0.1, 0.15) is 6.33 Å². The van der Waals surface area contributed by atoms with Crippen molar-refractivity contribution in [1.82, 2.24) is 40.0 Å². The van der Waals surface area contributed by atoms with Crippen molar-refractivity contribution in [3.05, 3.63) is 59.2 Å². The average molecular weight is 399 g/mol. The molecule has 0 saturated heterocycles. The molecule has 0 fully saturated rings. The fourth-order valence-corrected chi connectivity index (χ4v) is 3.39. The summed E-state index contributed by atoms with van der Waals surface area (Å²) in [5.41, 5.74) is 6.98. The van der Waals surface area contributed by atoms with Gasteiger partial charge in [-0.1, -0.05) is 29.5 Å². The Hall–Kier alpha value is -3.51. The van der Waals surface area contributed by atoms with E-state index in [-0.39, 0.29) is 18.7 Å². The molecule has 12 heteroatoms. The lowest BCUT2D eigenvalue weighted by Gasteiger charge is -2.00. The van der Waals surface area contributed by atoms with Gasteiger partial charge < -0.3 is 5.73 Å². The van der Waals surface area contributed by atoms with Crippen molar-refractivity contribution in [2.24, 2.45) is 5.73 Å². The van der Waals surface area contributed by atoms with Crippen molar-refractivity contribution in [2.45, 2.75) is 6.54 Å². The maximum absolute atomic E-state index is 12.7. The van der Waals surface area contributed by atoms with Crippen molar-refractivity contribution in [3.8, 4) is 27.0 Å². The number of halogens is 1. The van der Waals surface area contributed by atoms with Crippen LogP contribution in [0.4, 0.5) is 4.39 Å². The number of hydrogen-bond donors (Lipinski definition) is 2. The Kier molecular flexibility index (Phi) is 4.87. The van der Waals surface area contributed by atoms with Crippen molar-refractivity contribution in [2.75, 3.05) is 6.54 Å². The number of nitrogens with zero attached hydrogens (tertiary/aromatic N) is 7. The lowest BCUT2D eigenvalue weighted by molar-refractivity contribution is 0.612. The predicted octanol–water partition coefficient (Wildman–Crippen LogP) is 1.15. The van der Waals surface area contributed by atoms with E-state index in [0.29, 0.717) is 17.3 Å². The van der Waals surface area contributed by atoms with Gasteiger partial charge >= 0.3 is 5.69 Å². The fourth-order valence-electron chi connectivity index (χ4n) is 2.52. The quantitative estimate of drug-likeness (QED) is 0.497. The minimum Gasteiger partial charge on any atom is -0.327 e. The van der Waals surface area contributed by atoms with E-state index >= 15 is 0 Å². The van der Waals surface area contributed by atoms with Gasteiger partial charge in [0.2, 0.25) is 5.82 Å². The van der Waals surface area contributed by atoms with Crippen LogP contribution >= 0.6 is 11.3 Å². The van der Waals surface area contributed by atoms with Gasteiger partial charge in [0, 0.05) is 18.3 Å². The van der Waals surface area contributed by atoms with Crippen LogP contribution in [0.1, 0.15) is 0 Å². The van der Waals surface area contributed by atoms with Gasteiger partial charge in [-0.25, -0.2) is 23.4 Å². The first kappa shape index (κ1) is 17.9. The Morgan fingerprint density at radius 2 is 2.21 bits per heavy atom. The van der Waals surface area contributed by atoms with E-state index in [9.17, 15) is 9.18 Å². The molecular weight excluding hydrogens is 385 g/mol. The van der Waals surface area contributed by atoms with Gasteiger partial charge in [0.25, 0.3) is 0 Å². The molecule has 1 aromatic carbocycles. The second-order valence-electron chi connectivity index (χ2n) is 5.74. The van der Waals surface area contributed by atoms with Crippen LogP contribution in [-0.2, 0) is 6.54 Å². The van der Waals surface area contributed by atoms with Crippen LogP contribution in [0.25, 0.3) is 27.0 Å². The zero-order chi connectivity index (χ0) is 19.5. The third-order valence-electron chi connectivity index (χ3n) is 3.95. The predicted molar refractivity (Wildman–Crippen MR) is 100 cm³/mol. The first-order valence-electron chi connectivity index (χ1n) is 8.12. The molecule has 3 heterocycles. The van der Waals surface area contributed by atoms with Gasteiger partial charge in [-0.2, -0.15) is 10.3 Å². The standard InChI is InChI=1S/C16H14FN9OS/c17-5-10(6-18)8-26-16(27)25(9-20-26)15-19-7-13(28-15)11-2-1-3-12(4-11)14-21-23-24-22-14/h1-5,7,9H,6,8,18H2,(H,21,22,23,24)/b10-5+. The molecule has 3 aromatic heterocycles. The Balaban J connectivity index is 1.63. The van der Waals surface area contributed by atoms with Crippen LogP contribution in [0.5, 0.6) is 0 Å². The molecule has 0 spiro atoms. The Morgan fingerprint density at radius 1 is 1.36 bits per heavy atom. The SMILES string of the molecule is NC/C(=C\F)Cn1ncn(-c2ncc(-c3cccc(-c4nn[nH]n4)c3)s2)c1=O. The largest absolute Gasteiger partial charge is 0.352 e. The van der Waals surface area contributed by atoms with E-state index in [4.69, 9.17) is 5.73 Å². The number of tetrazole rings is 1. The van der Waals surface area contributed by atoms with Crippen LogP contribution in [0, 0.1) is 0 Å². The number of rotatable bonds is 6. The molecule has 0 atom stereocenters. The van der Waals surface area contributed by atoms with Crippen LogP contribution in [0.15, 0.2) is 53.5 Å². The molecule has 0 aliphatic rings. The third-order valence-corrected chi connectivity index (χ3v) is 5.00. The van der Waals surface area contributed by atoms with E-state index in [1.54, 1.807) is 6.20 Å². The summed E-state index contributed by atoms with van der Waals surface area (Å²) in [6, 6.07) is 7.58. The Morgan fingerprint density at radius 3 is 2.96 bits per heavy atom. The number of benzene rings is 1. The number of thiazole rings is 1. The van der Waals surface area contributed by atoms with Crippen LogP contribution in [0.2, 0.25) is 0 Å². The lowest BCUT2D eigenvalue weighted by Crippen LogP contribution is -2.25. The second-order valence-corrected chi connectivity index (χ2v) is 6.75. The number of nitrogens with two attached hydrogens (primary N) is 1. The van der Waals surface area contributed by atoms with E-state index in [2.05, 4.69) is 30.7 Å². The average Bonchev–Trinajstić information content (AvgIpc) is 3.48. The third kappa shape index (κ3) is 3.37. The molecule has 4 rings (SSSR count). The van der Waals surface area contributed by atoms with E-state index in [0.717, 1.165) is 20.7 Å². The minimum atomic E-state index is -0.422. The summed E-state index contributed by atoms with van der Waals surface area (Å²) < 4.78 is 15.2. The van der Waals surface area contributed by atoms with Gasteiger partial charge in [-0.15, -0.1) is 10.2 Å². The minimum absolute atomic E-state index is 0.00786. The van der Waals surface area contributed by atoms with Gasteiger partial charge in [0.05, 0.1) is 17.8 Å². The summed E-state index contributed by atoms with van der Waals surface area (Å²) in [7, 11) is 0. The summed E-state index contributed by atoms with van der Waals surface area (Å²) in [6.07, 6.45) is 3.42. The fraction of sp³-hybridized carbons (Fsp3) is 0.125. The molecule has 0 amide bonds. The molecule has 0 aliphatic carbocycles. The number of nitrogens with one attached hydrogen (secondary N) is 1. The summed E-state index contributed by atoms with van der Waals surface area (Å²) in [6.45, 7) is -0.00225. The van der Waals surface area contributed by atoms with Gasteiger partial charge in [-0.3, -0.25) is 0 Å². The van der Waals surface area contributed by atoms with E-state index in [1.165, 1.54) is 22.2 Å². The first-order chi connectivity index (χ1) is 13.7. The normalized spacial score (nSPS) is 11.9. The highest BCUT2D eigenvalue weighted by Gasteiger charge is 2.13. The summed E-state index contributed by atoms with van der Waals surface area (Å²) in [4.78, 5) is 17.7. The molecule has 4 aromatic rings. The number of hydrogen-bond acceptors (Lipinski definition) is 8. The molecule has 0 saturated carbocycles. The smallest absolute Gasteiger partial charge is 0.327 e.